The van der Waals surface area contributed by atoms with Crippen molar-refractivity contribution in [3.05, 3.63) is 35.9 Å². The van der Waals surface area contributed by atoms with Crippen molar-refractivity contribution in [3.8, 4) is 23.2 Å². The number of rotatable bonds is 4. The molecule has 0 radical (unpaired) electrons. The quantitative estimate of drug-likeness (QED) is 0.662. The number of aryl methyl sites for hydroxylation is 1. The van der Waals surface area contributed by atoms with Crippen molar-refractivity contribution in [3.63, 3.8) is 0 Å². The van der Waals surface area contributed by atoms with E-state index in [2.05, 4.69) is 39.0 Å². The number of aromatic nitrogens is 4. The smallest absolute Gasteiger partial charge is 0.209 e. The zero-order valence-electron chi connectivity index (χ0n) is 16.7. The minimum Gasteiger partial charge on any atom is -0.378 e. The Morgan fingerprint density at radius 1 is 1.24 bits per heavy atom. The molecule has 1 aliphatic rings. The van der Waals surface area contributed by atoms with Gasteiger partial charge >= 0.3 is 0 Å². The van der Waals surface area contributed by atoms with Crippen molar-refractivity contribution in [2.24, 2.45) is 7.05 Å². The van der Waals surface area contributed by atoms with E-state index >= 15 is 0 Å². The zero-order chi connectivity index (χ0) is 20.4. The molecule has 2 N–H and O–H groups in total. The summed E-state index contributed by atoms with van der Waals surface area (Å²) in [6.07, 6.45) is 4.24. The number of nitrogens with zero attached hydrogens (tertiary/aromatic N) is 4. The SMILES string of the molecule is CCCNc1nc(C#CC2(O)CCCC2)nc2c1nc(-c1cccc(F)c1)n2C. The Labute approximate surface area is 169 Å². The fourth-order valence-electron chi connectivity index (χ4n) is 3.63. The first-order valence-corrected chi connectivity index (χ1v) is 9.99. The van der Waals surface area contributed by atoms with Crippen LogP contribution in [0.15, 0.2) is 24.3 Å². The number of hydrogen-bond acceptors (Lipinski definition) is 5. The summed E-state index contributed by atoms with van der Waals surface area (Å²) in [6, 6.07) is 6.32. The van der Waals surface area contributed by atoms with E-state index in [1.54, 1.807) is 6.07 Å². The molecule has 0 saturated heterocycles. The Kier molecular flexibility index (Phi) is 5.20. The van der Waals surface area contributed by atoms with Crippen molar-refractivity contribution in [2.75, 3.05) is 11.9 Å². The van der Waals surface area contributed by atoms with Crippen LogP contribution in [-0.2, 0) is 7.05 Å². The maximum absolute atomic E-state index is 13.7. The number of fused-ring (bicyclic) bond motifs is 1. The van der Waals surface area contributed by atoms with Gasteiger partial charge in [0.1, 0.15) is 17.2 Å². The third kappa shape index (κ3) is 3.94. The first-order chi connectivity index (χ1) is 14.0. The normalized spacial score (nSPS) is 15.3. The summed E-state index contributed by atoms with van der Waals surface area (Å²) >= 11 is 0. The predicted octanol–water partition coefficient (Wildman–Crippen LogP) is 3.65. The predicted molar refractivity (Wildman–Crippen MR) is 111 cm³/mol. The van der Waals surface area contributed by atoms with Crippen LogP contribution in [0.4, 0.5) is 10.2 Å². The second kappa shape index (κ2) is 7.80. The standard InChI is InChI=1S/C22H24FN5O/c1-3-13-24-19-18-21(26-17(25-19)9-12-22(29)10-4-5-11-22)28(2)20(27-18)15-7-6-8-16(23)14-15/h6-8,14,29H,3-5,10-11,13H2,1-2H3,(H,24,25,26). The minimum atomic E-state index is -0.950. The fraction of sp³-hybridized carbons (Fsp3) is 0.409. The number of imidazole rings is 1. The molecule has 0 unspecified atom stereocenters. The number of anilines is 1. The summed E-state index contributed by atoms with van der Waals surface area (Å²) < 4.78 is 15.5. The summed E-state index contributed by atoms with van der Waals surface area (Å²) in [6.45, 7) is 2.80. The van der Waals surface area contributed by atoms with E-state index in [4.69, 9.17) is 0 Å². The molecule has 4 rings (SSSR count). The van der Waals surface area contributed by atoms with E-state index in [-0.39, 0.29) is 5.82 Å². The summed E-state index contributed by atoms with van der Waals surface area (Å²) in [7, 11) is 1.84. The minimum absolute atomic E-state index is 0.318. The summed E-state index contributed by atoms with van der Waals surface area (Å²) in [5.74, 6) is 7.14. The van der Waals surface area contributed by atoms with Crippen LogP contribution < -0.4 is 5.32 Å². The van der Waals surface area contributed by atoms with Gasteiger partial charge in [-0.15, -0.1) is 0 Å². The largest absolute Gasteiger partial charge is 0.378 e. The summed E-state index contributed by atoms with van der Waals surface area (Å²) in [5, 5.41) is 13.8. The Morgan fingerprint density at radius 3 is 2.76 bits per heavy atom. The Balaban J connectivity index is 1.83. The van der Waals surface area contributed by atoms with E-state index in [0.717, 1.165) is 25.8 Å². The average molecular weight is 393 g/mol. The van der Waals surface area contributed by atoms with Crippen molar-refractivity contribution < 1.29 is 9.50 Å². The molecular formula is C22H24FN5O. The van der Waals surface area contributed by atoms with Gasteiger partial charge in [0.05, 0.1) is 0 Å². The molecule has 0 aliphatic heterocycles. The number of benzene rings is 1. The van der Waals surface area contributed by atoms with Crippen LogP contribution in [0.2, 0.25) is 0 Å². The molecule has 0 amide bonds. The molecule has 2 aromatic heterocycles. The highest BCUT2D eigenvalue weighted by molar-refractivity contribution is 5.87. The molecule has 7 heteroatoms. The van der Waals surface area contributed by atoms with Crippen molar-refractivity contribution in [2.45, 2.75) is 44.6 Å². The second-order valence-electron chi connectivity index (χ2n) is 7.49. The van der Waals surface area contributed by atoms with Crippen molar-refractivity contribution >= 4 is 17.0 Å². The maximum atomic E-state index is 13.7. The van der Waals surface area contributed by atoms with Gasteiger partial charge in [-0.25, -0.2) is 19.3 Å². The van der Waals surface area contributed by atoms with E-state index in [1.807, 2.05) is 17.7 Å². The molecule has 1 fully saturated rings. The topological polar surface area (TPSA) is 75.9 Å². The molecule has 29 heavy (non-hydrogen) atoms. The molecule has 0 bridgehead atoms. The zero-order valence-corrected chi connectivity index (χ0v) is 16.7. The first kappa shape index (κ1) is 19.3. The highest BCUT2D eigenvalue weighted by atomic mass is 19.1. The first-order valence-electron chi connectivity index (χ1n) is 9.99. The average Bonchev–Trinajstić information content (AvgIpc) is 3.29. The van der Waals surface area contributed by atoms with Gasteiger partial charge in [-0.05, 0) is 50.2 Å². The molecule has 6 nitrogen and oxygen atoms in total. The third-order valence-electron chi connectivity index (χ3n) is 5.18. The van der Waals surface area contributed by atoms with Gasteiger partial charge in [-0.3, -0.25) is 0 Å². The van der Waals surface area contributed by atoms with E-state index in [1.165, 1.54) is 12.1 Å². The lowest BCUT2D eigenvalue weighted by atomic mass is 10.0. The molecular weight excluding hydrogens is 369 g/mol. The van der Waals surface area contributed by atoms with Gasteiger partial charge in [-0.2, -0.15) is 0 Å². The van der Waals surface area contributed by atoms with Crippen molar-refractivity contribution in [1.82, 2.24) is 19.5 Å². The van der Waals surface area contributed by atoms with Crippen LogP contribution in [0, 0.1) is 17.7 Å². The molecule has 2 heterocycles. The van der Waals surface area contributed by atoms with Gasteiger partial charge in [0.25, 0.3) is 0 Å². The van der Waals surface area contributed by atoms with Gasteiger partial charge in [-0.1, -0.05) is 25.0 Å². The lowest BCUT2D eigenvalue weighted by Crippen LogP contribution is -2.21. The number of halogens is 1. The number of hydrogen-bond donors (Lipinski definition) is 2. The van der Waals surface area contributed by atoms with Gasteiger partial charge in [0.15, 0.2) is 17.0 Å². The van der Waals surface area contributed by atoms with Crippen LogP contribution in [0.3, 0.4) is 0 Å². The maximum Gasteiger partial charge on any atom is 0.209 e. The molecule has 1 aromatic carbocycles. The summed E-state index contributed by atoms with van der Waals surface area (Å²) in [4.78, 5) is 13.8. The lowest BCUT2D eigenvalue weighted by Gasteiger charge is -2.12. The molecule has 0 spiro atoms. The van der Waals surface area contributed by atoms with Crippen LogP contribution in [0.1, 0.15) is 44.9 Å². The van der Waals surface area contributed by atoms with Crippen LogP contribution >= 0.6 is 0 Å². The monoisotopic (exact) mass is 393 g/mol. The van der Waals surface area contributed by atoms with Gasteiger partial charge in [0, 0.05) is 19.2 Å². The van der Waals surface area contributed by atoms with Gasteiger partial charge in [0.2, 0.25) is 5.82 Å². The fourth-order valence-corrected chi connectivity index (χ4v) is 3.63. The third-order valence-corrected chi connectivity index (χ3v) is 5.18. The Morgan fingerprint density at radius 2 is 2.03 bits per heavy atom. The second-order valence-corrected chi connectivity index (χ2v) is 7.49. The van der Waals surface area contributed by atoms with E-state index < -0.39 is 5.60 Å². The molecule has 3 aromatic rings. The van der Waals surface area contributed by atoms with Crippen LogP contribution in [-0.4, -0.2) is 36.8 Å². The van der Waals surface area contributed by atoms with Crippen LogP contribution in [0.25, 0.3) is 22.6 Å². The number of nitrogens with one attached hydrogen (secondary N) is 1. The number of aliphatic hydroxyl groups is 1. The van der Waals surface area contributed by atoms with Crippen molar-refractivity contribution in [1.29, 1.82) is 0 Å². The molecule has 1 saturated carbocycles. The molecule has 150 valence electrons. The Bertz CT molecular complexity index is 1110. The summed E-state index contributed by atoms with van der Waals surface area (Å²) in [5.41, 5.74) is 0.944. The van der Waals surface area contributed by atoms with E-state index in [0.29, 0.717) is 47.0 Å². The molecule has 1 aliphatic carbocycles. The molecule has 0 atom stereocenters. The lowest BCUT2D eigenvalue weighted by molar-refractivity contribution is 0.110. The Hall–Kier alpha value is -2.98. The van der Waals surface area contributed by atoms with Crippen LogP contribution in [0.5, 0.6) is 0 Å². The van der Waals surface area contributed by atoms with E-state index in [9.17, 15) is 9.50 Å². The van der Waals surface area contributed by atoms with Gasteiger partial charge < -0.3 is 15.0 Å². The highest BCUT2D eigenvalue weighted by Crippen LogP contribution is 2.29. The highest BCUT2D eigenvalue weighted by Gasteiger charge is 2.28.